The van der Waals surface area contributed by atoms with E-state index in [1.165, 1.54) is 0 Å². The molecule has 0 N–H and O–H groups in total. The Hall–Kier alpha value is 0.0544. The SMILES string of the molecule is O=C[O-].[V]. The van der Waals surface area contributed by atoms with E-state index in [0.717, 1.165) is 0 Å². The van der Waals surface area contributed by atoms with Crippen LogP contribution in [0.1, 0.15) is 0 Å². The Balaban J connectivity index is 0. The third-order valence-corrected chi connectivity index (χ3v) is 0. The molecule has 2 nitrogen and oxygen atoms in total. The van der Waals surface area contributed by atoms with Gasteiger partial charge in [0.25, 0.3) is 0 Å². The molecule has 0 fully saturated rings. The summed E-state index contributed by atoms with van der Waals surface area (Å²) in [6.07, 6.45) is 0. The second-order valence-corrected chi connectivity index (χ2v) is 0.0962. The first-order chi connectivity index (χ1) is 1.41. The Morgan fingerprint density at radius 2 is 1.75 bits per heavy atom. The fraction of sp³-hybridized carbons (Fsp3) is 0. The molecular weight excluding hydrogens is 95.0 g/mol. The van der Waals surface area contributed by atoms with Crippen LogP contribution in [0.3, 0.4) is 0 Å². The van der Waals surface area contributed by atoms with Crippen molar-refractivity contribution in [3.63, 3.8) is 0 Å². The maximum Gasteiger partial charge on any atom is 0.0275 e. The smallest absolute Gasteiger partial charge is 0.0275 e. The van der Waals surface area contributed by atoms with Crippen molar-refractivity contribution in [2.45, 2.75) is 0 Å². The molecule has 0 spiro atoms. The maximum absolute atomic E-state index is 8.25. The largest absolute Gasteiger partial charge is 0.554 e. The Bertz CT molecular complexity index is 13.5. The van der Waals surface area contributed by atoms with Gasteiger partial charge in [0, 0.05) is 25.0 Å². The van der Waals surface area contributed by atoms with Crippen molar-refractivity contribution in [1.29, 1.82) is 0 Å². The first-order valence-electron chi connectivity index (χ1n) is 0.471. The quantitative estimate of drug-likeness (QED) is 0.339. The second-order valence-electron chi connectivity index (χ2n) is 0.0962. The molecule has 0 heterocycles. The Morgan fingerprint density at radius 1 is 1.75 bits per heavy atom. The van der Waals surface area contributed by atoms with Crippen molar-refractivity contribution in [2.24, 2.45) is 0 Å². The van der Waals surface area contributed by atoms with Crippen LogP contribution < -0.4 is 5.11 Å². The van der Waals surface area contributed by atoms with Crippen LogP contribution in [0.2, 0.25) is 0 Å². The Kier molecular flexibility index (Phi) is 26.0. The van der Waals surface area contributed by atoms with Gasteiger partial charge in [0.1, 0.15) is 0 Å². The number of carboxylic acid groups (broad SMARTS) is 1. The molecule has 1 radical (unpaired) electrons. The van der Waals surface area contributed by atoms with E-state index in [4.69, 9.17) is 9.90 Å². The van der Waals surface area contributed by atoms with E-state index in [-0.39, 0.29) is 18.6 Å². The molecule has 0 unspecified atom stereocenters. The molecule has 0 aromatic rings. The number of hydrogen-bond donors (Lipinski definition) is 0. The zero-order valence-corrected chi connectivity index (χ0v) is 3.24. The van der Waals surface area contributed by atoms with Crippen LogP contribution in [0.4, 0.5) is 0 Å². The number of carbonyl (C=O) groups excluding carboxylic acids is 1. The number of carbonyl (C=O) groups is 1. The van der Waals surface area contributed by atoms with Crippen LogP contribution in [0, 0.1) is 0 Å². The average molecular weight is 96.0 g/mol. The minimum Gasteiger partial charge on any atom is -0.554 e. The Labute approximate surface area is 35.7 Å². The van der Waals surface area contributed by atoms with Gasteiger partial charge in [-0.3, -0.25) is 0 Å². The van der Waals surface area contributed by atoms with E-state index in [1.54, 1.807) is 0 Å². The molecule has 0 aromatic heterocycles. The van der Waals surface area contributed by atoms with Crippen LogP contribution >= 0.6 is 0 Å². The molecule has 3 heteroatoms. The second kappa shape index (κ2) is 11.6. The third kappa shape index (κ3) is 771. The predicted molar refractivity (Wildman–Crippen MR) is 6.06 cm³/mol. The summed E-state index contributed by atoms with van der Waals surface area (Å²) in [5.74, 6) is 0. The minimum absolute atomic E-state index is 0. The van der Waals surface area contributed by atoms with Crippen LogP contribution in [0.25, 0.3) is 0 Å². The molecule has 0 aromatic carbocycles. The molecule has 4 heavy (non-hydrogen) atoms. The molecule has 0 aliphatic carbocycles. The standard InChI is InChI=1S/CH2O2.V/c2-1-3;/h1H,(H,2,3);/p-1. The molecule has 0 rings (SSSR count). The van der Waals surface area contributed by atoms with E-state index in [9.17, 15) is 0 Å². The van der Waals surface area contributed by atoms with Crippen molar-refractivity contribution in [1.82, 2.24) is 0 Å². The van der Waals surface area contributed by atoms with Gasteiger partial charge in [-0.1, -0.05) is 0 Å². The molecule has 23 valence electrons. The molecule has 0 aliphatic rings. The van der Waals surface area contributed by atoms with E-state index in [0.29, 0.717) is 0 Å². The summed E-state index contributed by atoms with van der Waals surface area (Å²) in [7, 11) is 0. The third-order valence-electron chi connectivity index (χ3n) is 0. The molecular formula is CHO2V-. The van der Waals surface area contributed by atoms with Gasteiger partial charge in [0.2, 0.25) is 0 Å². The molecule has 0 saturated heterocycles. The summed E-state index contributed by atoms with van der Waals surface area (Å²) < 4.78 is 0. The van der Waals surface area contributed by atoms with E-state index in [2.05, 4.69) is 0 Å². The molecule has 0 bridgehead atoms. The van der Waals surface area contributed by atoms with Gasteiger partial charge in [-0.25, -0.2) is 0 Å². The molecule has 0 amide bonds. The zero-order chi connectivity index (χ0) is 2.71. The number of hydrogen-bond acceptors (Lipinski definition) is 2. The molecule has 0 atom stereocenters. The summed E-state index contributed by atoms with van der Waals surface area (Å²) in [5, 5.41) is 8.25. The van der Waals surface area contributed by atoms with Gasteiger partial charge < -0.3 is 9.90 Å². The summed E-state index contributed by atoms with van der Waals surface area (Å²) in [6.45, 7) is -0.500. The zero-order valence-electron chi connectivity index (χ0n) is 1.84. The normalized spacial score (nSPS) is 3.00. The van der Waals surface area contributed by atoms with Crippen molar-refractivity contribution in [3.05, 3.63) is 0 Å². The minimum atomic E-state index is -0.500. The van der Waals surface area contributed by atoms with Gasteiger partial charge in [0.15, 0.2) is 0 Å². The summed E-state index contributed by atoms with van der Waals surface area (Å²) in [6, 6.07) is 0. The maximum atomic E-state index is 8.25. The molecule has 0 aliphatic heterocycles. The van der Waals surface area contributed by atoms with E-state index >= 15 is 0 Å². The predicted octanol–water partition coefficient (Wildman–Crippen LogP) is -1.64. The average Bonchev–Trinajstić information content (AvgIpc) is 0.918. The fourth-order valence-electron chi connectivity index (χ4n) is 0. The number of rotatable bonds is 0. The summed E-state index contributed by atoms with van der Waals surface area (Å²) in [5.41, 5.74) is 0. The first-order valence-corrected chi connectivity index (χ1v) is 0.471. The topological polar surface area (TPSA) is 40.1 Å². The van der Waals surface area contributed by atoms with E-state index in [1.807, 2.05) is 0 Å². The van der Waals surface area contributed by atoms with Crippen molar-refractivity contribution < 1.29 is 28.5 Å². The van der Waals surface area contributed by atoms with E-state index < -0.39 is 6.47 Å². The fourth-order valence-corrected chi connectivity index (χ4v) is 0. The van der Waals surface area contributed by atoms with Crippen molar-refractivity contribution in [3.8, 4) is 0 Å². The van der Waals surface area contributed by atoms with Gasteiger partial charge >= 0.3 is 0 Å². The van der Waals surface area contributed by atoms with Gasteiger partial charge in [-0.15, -0.1) is 0 Å². The van der Waals surface area contributed by atoms with Crippen LogP contribution in [-0.4, -0.2) is 6.47 Å². The van der Waals surface area contributed by atoms with Gasteiger partial charge in [-0.2, -0.15) is 0 Å². The Morgan fingerprint density at radius 3 is 1.75 bits per heavy atom. The monoisotopic (exact) mass is 95.9 g/mol. The summed E-state index contributed by atoms with van der Waals surface area (Å²) in [4.78, 5) is 8.25. The van der Waals surface area contributed by atoms with Gasteiger partial charge in [0.05, 0.1) is 0 Å². The summed E-state index contributed by atoms with van der Waals surface area (Å²) >= 11 is 0. The van der Waals surface area contributed by atoms with Crippen LogP contribution in [0.15, 0.2) is 0 Å². The van der Waals surface area contributed by atoms with Crippen LogP contribution in [-0.2, 0) is 23.4 Å². The van der Waals surface area contributed by atoms with Crippen LogP contribution in [0.5, 0.6) is 0 Å². The molecule has 0 saturated carbocycles. The van der Waals surface area contributed by atoms with Gasteiger partial charge in [-0.05, 0) is 0 Å². The first kappa shape index (κ1) is 8.96. The van der Waals surface area contributed by atoms with Crippen molar-refractivity contribution >= 4 is 6.47 Å². The van der Waals surface area contributed by atoms with Crippen molar-refractivity contribution in [2.75, 3.05) is 0 Å².